The van der Waals surface area contributed by atoms with E-state index in [0.717, 1.165) is 5.56 Å². The number of hydrogen-bond donors (Lipinski definition) is 1. The molecular formula is C24H22ClN3O3. The van der Waals surface area contributed by atoms with Gasteiger partial charge in [0.15, 0.2) is 5.76 Å². The van der Waals surface area contributed by atoms with Crippen LogP contribution in [0.25, 0.3) is 0 Å². The third-order valence-corrected chi connectivity index (χ3v) is 5.19. The van der Waals surface area contributed by atoms with E-state index in [1.54, 1.807) is 35.3 Å². The highest BCUT2D eigenvalue weighted by Gasteiger charge is 2.14. The number of nitrogens with one attached hydrogen (secondary N) is 1. The van der Waals surface area contributed by atoms with Crippen LogP contribution in [0.15, 0.2) is 71.4 Å². The number of carbonyl (C=O) groups excluding carboxylic acids is 1. The Hall–Kier alpha value is -3.51. The van der Waals surface area contributed by atoms with Crippen molar-refractivity contribution in [3.8, 4) is 5.75 Å². The summed E-state index contributed by atoms with van der Waals surface area (Å²) in [5.41, 5.74) is 3.90. The molecule has 6 nitrogen and oxygen atoms in total. The first-order chi connectivity index (χ1) is 15.0. The second kappa shape index (κ2) is 9.10. The average Bonchev–Trinajstić information content (AvgIpc) is 3.39. The predicted molar refractivity (Wildman–Crippen MR) is 120 cm³/mol. The summed E-state index contributed by atoms with van der Waals surface area (Å²) < 4.78 is 13.2. The van der Waals surface area contributed by atoms with Gasteiger partial charge in [-0.2, -0.15) is 5.10 Å². The number of furan rings is 1. The molecule has 0 radical (unpaired) electrons. The average molecular weight is 436 g/mol. The Kier molecular flexibility index (Phi) is 6.09. The van der Waals surface area contributed by atoms with E-state index in [1.165, 1.54) is 11.1 Å². The summed E-state index contributed by atoms with van der Waals surface area (Å²) in [4.78, 5) is 12.5. The molecule has 2 heterocycles. The molecule has 7 heteroatoms. The van der Waals surface area contributed by atoms with E-state index in [2.05, 4.69) is 29.5 Å². The number of ether oxygens (including phenoxy) is 1. The number of hydrogen-bond acceptors (Lipinski definition) is 4. The standard InChI is InChI=1S/C24H22ClN3O3/c1-16-6-3-4-8-18(16)13-28-14-19(12-26-28)27-24(29)22-11-10-20(31-22)15-30-23-17(2)7-5-9-21(23)25/h3-12,14H,13,15H2,1-2H3,(H,27,29). The van der Waals surface area contributed by atoms with Crippen molar-refractivity contribution in [2.75, 3.05) is 5.32 Å². The first kappa shape index (κ1) is 20.8. The molecule has 158 valence electrons. The molecule has 0 bridgehead atoms. The van der Waals surface area contributed by atoms with E-state index < -0.39 is 0 Å². The zero-order valence-corrected chi connectivity index (χ0v) is 18.0. The summed E-state index contributed by atoms with van der Waals surface area (Å²) >= 11 is 6.18. The SMILES string of the molecule is Cc1ccccc1Cn1cc(NC(=O)c2ccc(COc3c(C)cccc3Cl)o2)cn1. The van der Waals surface area contributed by atoms with Crippen molar-refractivity contribution in [2.45, 2.75) is 27.0 Å². The van der Waals surface area contributed by atoms with Crippen LogP contribution in [-0.4, -0.2) is 15.7 Å². The van der Waals surface area contributed by atoms with Crippen LogP contribution in [0.4, 0.5) is 5.69 Å². The Morgan fingerprint density at radius 2 is 1.90 bits per heavy atom. The summed E-state index contributed by atoms with van der Waals surface area (Å²) in [5, 5.41) is 7.66. The van der Waals surface area contributed by atoms with Crippen molar-refractivity contribution in [1.82, 2.24) is 9.78 Å². The molecule has 2 aromatic carbocycles. The fourth-order valence-electron chi connectivity index (χ4n) is 3.19. The van der Waals surface area contributed by atoms with Gasteiger partial charge in [-0.15, -0.1) is 0 Å². The number of carbonyl (C=O) groups is 1. The van der Waals surface area contributed by atoms with E-state index in [0.29, 0.717) is 28.8 Å². The van der Waals surface area contributed by atoms with Gasteiger partial charge in [0.1, 0.15) is 18.1 Å². The van der Waals surface area contributed by atoms with Gasteiger partial charge in [0.25, 0.3) is 5.91 Å². The number of para-hydroxylation sites is 1. The van der Waals surface area contributed by atoms with Crippen LogP contribution in [-0.2, 0) is 13.2 Å². The second-order valence-corrected chi connectivity index (χ2v) is 7.65. The molecule has 0 atom stereocenters. The van der Waals surface area contributed by atoms with Crippen molar-refractivity contribution in [2.24, 2.45) is 0 Å². The van der Waals surface area contributed by atoms with Gasteiger partial charge in [-0.05, 0) is 48.7 Å². The minimum atomic E-state index is -0.351. The molecule has 0 fully saturated rings. The summed E-state index contributed by atoms with van der Waals surface area (Å²) in [5.74, 6) is 0.976. The molecule has 4 rings (SSSR count). The molecule has 0 unspecified atom stereocenters. The van der Waals surface area contributed by atoms with E-state index in [4.69, 9.17) is 20.8 Å². The largest absolute Gasteiger partial charge is 0.484 e. The van der Waals surface area contributed by atoms with E-state index >= 15 is 0 Å². The number of aryl methyl sites for hydroxylation is 2. The van der Waals surface area contributed by atoms with E-state index in [1.807, 2.05) is 31.2 Å². The number of anilines is 1. The van der Waals surface area contributed by atoms with Crippen LogP contribution in [0.3, 0.4) is 0 Å². The van der Waals surface area contributed by atoms with Crippen LogP contribution in [0.1, 0.15) is 33.0 Å². The van der Waals surface area contributed by atoms with Gasteiger partial charge in [-0.3, -0.25) is 9.48 Å². The first-order valence-electron chi connectivity index (χ1n) is 9.84. The van der Waals surface area contributed by atoms with Crippen molar-refractivity contribution in [3.63, 3.8) is 0 Å². The number of halogens is 1. The zero-order valence-electron chi connectivity index (χ0n) is 17.3. The van der Waals surface area contributed by atoms with E-state index in [-0.39, 0.29) is 18.3 Å². The monoisotopic (exact) mass is 435 g/mol. The molecule has 4 aromatic rings. The Morgan fingerprint density at radius 3 is 2.71 bits per heavy atom. The van der Waals surface area contributed by atoms with Crippen molar-refractivity contribution >= 4 is 23.2 Å². The smallest absolute Gasteiger partial charge is 0.291 e. The molecule has 0 spiro atoms. The van der Waals surface area contributed by atoms with Crippen LogP contribution >= 0.6 is 11.6 Å². The first-order valence-corrected chi connectivity index (χ1v) is 10.2. The minimum Gasteiger partial charge on any atom is -0.484 e. The summed E-state index contributed by atoms with van der Waals surface area (Å²) in [6.45, 7) is 4.78. The maximum absolute atomic E-state index is 12.5. The van der Waals surface area contributed by atoms with Gasteiger partial charge in [-0.25, -0.2) is 0 Å². The van der Waals surface area contributed by atoms with Gasteiger partial charge in [0, 0.05) is 6.20 Å². The van der Waals surface area contributed by atoms with Gasteiger partial charge >= 0.3 is 0 Å². The predicted octanol–water partition coefficient (Wildman–Crippen LogP) is 5.63. The number of rotatable bonds is 7. The van der Waals surface area contributed by atoms with Crippen LogP contribution in [0.2, 0.25) is 5.02 Å². The van der Waals surface area contributed by atoms with Crippen molar-refractivity contribution in [3.05, 3.63) is 100 Å². The second-order valence-electron chi connectivity index (χ2n) is 7.25. The Balaban J connectivity index is 1.36. The molecule has 1 N–H and O–H groups in total. The molecule has 2 aromatic heterocycles. The zero-order chi connectivity index (χ0) is 21.8. The van der Waals surface area contributed by atoms with Crippen LogP contribution in [0, 0.1) is 13.8 Å². The molecule has 0 aliphatic carbocycles. The summed E-state index contributed by atoms with van der Waals surface area (Å²) in [6, 6.07) is 17.0. The fraction of sp³-hybridized carbons (Fsp3) is 0.167. The molecule has 1 amide bonds. The van der Waals surface area contributed by atoms with Gasteiger partial charge in [-0.1, -0.05) is 48.0 Å². The lowest BCUT2D eigenvalue weighted by Gasteiger charge is -2.09. The maximum Gasteiger partial charge on any atom is 0.291 e. The molecular weight excluding hydrogens is 414 g/mol. The number of amides is 1. The molecule has 31 heavy (non-hydrogen) atoms. The third kappa shape index (κ3) is 4.98. The normalized spacial score (nSPS) is 10.8. The molecule has 0 aliphatic heterocycles. The highest BCUT2D eigenvalue weighted by atomic mass is 35.5. The third-order valence-electron chi connectivity index (χ3n) is 4.89. The topological polar surface area (TPSA) is 69.3 Å². The highest BCUT2D eigenvalue weighted by Crippen LogP contribution is 2.28. The lowest BCUT2D eigenvalue weighted by Crippen LogP contribution is -2.10. The van der Waals surface area contributed by atoms with E-state index in [9.17, 15) is 4.79 Å². The van der Waals surface area contributed by atoms with Crippen LogP contribution < -0.4 is 10.1 Å². The summed E-state index contributed by atoms with van der Waals surface area (Å²) in [7, 11) is 0. The van der Waals surface area contributed by atoms with Crippen molar-refractivity contribution in [1.29, 1.82) is 0 Å². The lowest BCUT2D eigenvalue weighted by atomic mass is 10.1. The molecule has 0 aliphatic rings. The molecule has 0 saturated heterocycles. The number of aromatic nitrogens is 2. The number of benzene rings is 2. The van der Waals surface area contributed by atoms with Crippen LogP contribution in [0.5, 0.6) is 5.75 Å². The Labute approximate surface area is 185 Å². The minimum absolute atomic E-state index is 0.173. The summed E-state index contributed by atoms with van der Waals surface area (Å²) in [6.07, 6.45) is 3.40. The maximum atomic E-state index is 12.5. The quantitative estimate of drug-likeness (QED) is 0.408. The number of nitrogens with zero attached hydrogens (tertiary/aromatic N) is 2. The Morgan fingerprint density at radius 1 is 1.10 bits per heavy atom. The van der Waals surface area contributed by atoms with Gasteiger partial charge in [0.2, 0.25) is 0 Å². The molecule has 0 saturated carbocycles. The van der Waals surface area contributed by atoms with Crippen molar-refractivity contribution < 1.29 is 13.9 Å². The van der Waals surface area contributed by atoms with Gasteiger partial charge < -0.3 is 14.5 Å². The van der Waals surface area contributed by atoms with Gasteiger partial charge in [0.05, 0.1) is 23.5 Å². The highest BCUT2D eigenvalue weighted by molar-refractivity contribution is 6.32. The fourth-order valence-corrected chi connectivity index (χ4v) is 3.47. The Bertz CT molecular complexity index is 1190. The lowest BCUT2D eigenvalue weighted by molar-refractivity contribution is 0.0992.